The van der Waals surface area contributed by atoms with Gasteiger partial charge in [-0.2, -0.15) is 16.9 Å². The van der Waals surface area contributed by atoms with E-state index in [-0.39, 0.29) is 0 Å². The van der Waals surface area contributed by atoms with Crippen molar-refractivity contribution >= 4 is 17.4 Å². The molecular formula is C20H21N3OS. The van der Waals surface area contributed by atoms with Gasteiger partial charge >= 0.3 is 0 Å². The third-order valence-corrected chi connectivity index (χ3v) is 5.44. The van der Waals surface area contributed by atoms with Crippen molar-refractivity contribution in [1.29, 1.82) is 0 Å². The number of methoxy groups -OCH3 is 1. The highest BCUT2D eigenvalue weighted by molar-refractivity contribution is 7.99. The van der Waals surface area contributed by atoms with E-state index in [2.05, 4.69) is 46.4 Å². The minimum absolute atomic E-state index is 0.860. The summed E-state index contributed by atoms with van der Waals surface area (Å²) in [5, 5.41) is 4.52. The highest BCUT2D eigenvalue weighted by atomic mass is 32.2. The predicted octanol–water partition coefficient (Wildman–Crippen LogP) is 4.10. The molecule has 0 saturated carbocycles. The maximum Gasteiger partial charge on any atom is 0.118 e. The summed E-state index contributed by atoms with van der Waals surface area (Å²) >= 11 is 2.03. The Morgan fingerprint density at radius 1 is 0.880 bits per heavy atom. The minimum Gasteiger partial charge on any atom is -0.497 e. The number of ether oxygens (including phenoxy) is 1. The molecule has 0 N–H and O–H groups in total. The van der Waals surface area contributed by atoms with Crippen molar-refractivity contribution in [2.45, 2.75) is 0 Å². The first-order valence-corrected chi connectivity index (χ1v) is 9.62. The standard InChI is InChI=1S/C20H21N3OS/c1-24-19-8-2-16(3-9-19)20-10-11-21-23(20)18-6-4-17(5-7-18)22-12-14-25-15-13-22/h2-11H,12-15H2,1H3. The summed E-state index contributed by atoms with van der Waals surface area (Å²) in [6.45, 7) is 2.26. The zero-order valence-corrected chi connectivity index (χ0v) is 15.1. The Balaban J connectivity index is 1.60. The molecule has 0 aliphatic carbocycles. The molecule has 1 aliphatic heterocycles. The number of thioether (sulfide) groups is 1. The Kier molecular flexibility index (Phi) is 4.65. The van der Waals surface area contributed by atoms with Gasteiger partial charge in [0, 0.05) is 35.8 Å². The molecule has 0 unspecified atom stereocenters. The van der Waals surface area contributed by atoms with Gasteiger partial charge in [0.25, 0.3) is 0 Å². The van der Waals surface area contributed by atoms with Gasteiger partial charge in [-0.15, -0.1) is 0 Å². The molecule has 0 spiro atoms. The first kappa shape index (κ1) is 16.1. The highest BCUT2D eigenvalue weighted by Gasteiger charge is 2.12. The van der Waals surface area contributed by atoms with E-state index in [1.807, 2.05) is 40.8 Å². The van der Waals surface area contributed by atoms with Crippen molar-refractivity contribution in [3.05, 3.63) is 60.8 Å². The number of nitrogens with zero attached hydrogens (tertiary/aromatic N) is 3. The Morgan fingerprint density at radius 2 is 1.56 bits per heavy atom. The van der Waals surface area contributed by atoms with Crippen LogP contribution in [0.5, 0.6) is 5.75 Å². The van der Waals surface area contributed by atoms with E-state index in [1.165, 1.54) is 17.2 Å². The smallest absolute Gasteiger partial charge is 0.118 e. The van der Waals surface area contributed by atoms with Crippen LogP contribution in [-0.2, 0) is 0 Å². The summed E-state index contributed by atoms with van der Waals surface area (Å²) in [4.78, 5) is 2.45. The second-order valence-electron chi connectivity index (χ2n) is 5.97. The summed E-state index contributed by atoms with van der Waals surface area (Å²) in [7, 11) is 1.68. The summed E-state index contributed by atoms with van der Waals surface area (Å²) in [6.07, 6.45) is 1.84. The van der Waals surface area contributed by atoms with Gasteiger partial charge < -0.3 is 9.64 Å². The summed E-state index contributed by atoms with van der Waals surface area (Å²) in [5.74, 6) is 3.28. The molecule has 1 saturated heterocycles. The molecule has 1 aliphatic rings. The molecule has 1 fully saturated rings. The lowest BCUT2D eigenvalue weighted by Crippen LogP contribution is -2.32. The molecule has 0 atom stereocenters. The molecule has 2 heterocycles. The Labute approximate surface area is 152 Å². The normalized spacial score (nSPS) is 14.5. The van der Waals surface area contributed by atoms with Crippen LogP contribution in [0.1, 0.15) is 0 Å². The Bertz CT molecular complexity index is 821. The Morgan fingerprint density at radius 3 is 2.24 bits per heavy atom. The summed E-state index contributed by atoms with van der Waals surface area (Å²) in [6, 6.07) is 18.8. The molecule has 4 nitrogen and oxygen atoms in total. The van der Waals surface area contributed by atoms with Crippen molar-refractivity contribution < 1.29 is 4.74 Å². The number of rotatable bonds is 4. The van der Waals surface area contributed by atoms with E-state index < -0.39 is 0 Å². The fourth-order valence-electron chi connectivity index (χ4n) is 3.12. The van der Waals surface area contributed by atoms with Crippen LogP contribution in [0.2, 0.25) is 0 Å². The van der Waals surface area contributed by atoms with E-state index in [0.717, 1.165) is 35.8 Å². The van der Waals surface area contributed by atoms with Crippen molar-refractivity contribution in [2.75, 3.05) is 36.6 Å². The van der Waals surface area contributed by atoms with E-state index in [9.17, 15) is 0 Å². The second-order valence-corrected chi connectivity index (χ2v) is 7.20. The molecule has 1 aromatic heterocycles. The number of aromatic nitrogens is 2. The fraction of sp³-hybridized carbons (Fsp3) is 0.250. The van der Waals surface area contributed by atoms with Crippen LogP contribution < -0.4 is 9.64 Å². The minimum atomic E-state index is 0.860. The van der Waals surface area contributed by atoms with Crippen LogP contribution in [0.4, 0.5) is 5.69 Å². The van der Waals surface area contributed by atoms with Crippen LogP contribution in [0.15, 0.2) is 60.8 Å². The predicted molar refractivity (Wildman–Crippen MR) is 105 cm³/mol. The number of hydrogen-bond acceptors (Lipinski definition) is 4. The van der Waals surface area contributed by atoms with Gasteiger partial charge in [0.1, 0.15) is 5.75 Å². The molecule has 4 rings (SSSR count). The van der Waals surface area contributed by atoms with Crippen molar-refractivity contribution in [1.82, 2.24) is 9.78 Å². The van der Waals surface area contributed by atoms with Gasteiger partial charge in [0.05, 0.1) is 24.7 Å². The molecule has 2 aromatic carbocycles. The SMILES string of the molecule is COc1ccc(-c2ccnn2-c2ccc(N3CCSCC3)cc2)cc1. The lowest BCUT2D eigenvalue weighted by Gasteiger charge is -2.28. The van der Waals surface area contributed by atoms with Crippen molar-refractivity contribution in [3.63, 3.8) is 0 Å². The molecule has 128 valence electrons. The largest absolute Gasteiger partial charge is 0.497 e. The lowest BCUT2D eigenvalue weighted by molar-refractivity contribution is 0.415. The summed E-state index contributed by atoms with van der Waals surface area (Å²) < 4.78 is 7.23. The van der Waals surface area contributed by atoms with Crippen LogP contribution in [-0.4, -0.2) is 41.5 Å². The topological polar surface area (TPSA) is 30.3 Å². The van der Waals surface area contributed by atoms with Crippen LogP contribution in [0.25, 0.3) is 16.9 Å². The zero-order valence-electron chi connectivity index (χ0n) is 14.3. The van der Waals surface area contributed by atoms with E-state index in [0.29, 0.717) is 0 Å². The number of hydrogen-bond donors (Lipinski definition) is 0. The van der Waals surface area contributed by atoms with Crippen molar-refractivity contribution in [2.24, 2.45) is 0 Å². The van der Waals surface area contributed by atoms with E-state index in [1.54, 1.807) is 7.11 Å². The maximum atomic E-state index is 5.24. The van der Waals surface area contributed by atoms with Gasteiger partial charge in [0.2, 0.25) is 0 Å². The van der Waals surface area contributed by atoms with Crippen LogP contribution in [0, 0.1) is 0 Å². The van der Waals surface area contributed by atoms with Gasteiger partial charge in [-0.3, -0.25) is 0 Å². The average molecular weight is 351 g/mol. The van der Waals surface area contributed by atoms with Gasteiger partial charge in [-0.05, 0) is 54.6 Å². The zero-order chi connectivity index (χ0) is 17.1. The molecular weight excluding hydrogens is 330 g/mol. The second kappa shape index (κ2) is 7.23. The van der Waals surface area contributed by atoms with Gasteiger partial charge in [-0.25, -0.2) is 4.68 Å². The molecule has 0 bridgehead atoms. The lowest BCUT2D eigenvalue weighted by atomic mass is 10.1. The first-order chi connectivity index (χ1) is 12.3. The first-order valence-electron chi connectivity index (χ1n) is 8.47. The molecule has 5 heteroatoms. The number of benzene rings is 2. The van der Waals surface area contributed by atoms with Gasteiger partial charge in [-0.1, -0.05) is 0 Å². The molecule has 25 heavy (non-hydrogen) atoms. The van der Waals surface area contributed by atoms with Crippen molar-refractivity contribution in [3.8, 4) is 22.7 Å². The van der Waals surface area contributed by atoms with Crippen LogP contribution >= 0.6 is 11.8 Å². The molecule has 0 radical (unpaired) electrons. The van der Waals surface area contributed by atoms with E-state index in [4.69, 9.17) is 4.74 Å². The summed E-state index contributed by atoms with van der Waals surface area (Å²) in [5.41, 5.74) is 4.56. The average Bonchev–Trinajstić information content (AvgIpc) is 3.19. The third kappa shape index (κ3) is 3.37. The highest BCUT2D eigenvalue weighted by Crippen LogP contribution is 2.26. The molecule has 3 aromatic rings. The van der Waals surface area contributed by atoms with Crippen LogP contribution in [0.3, 0.4) is 0 Å². The van der Waals surface area contributed by atoms with Gasteiger partial charge in [0.15, 0.2) is 0 Å². The molecule has 0 amide bonds. The Hall–Kier alpha value is -2.40. The quantitative estimate of drug-likeness (QED) is 0.708. The fourth-order valence-corrected chi connectivity index (χ4v) is 4.02. The third-order valence-electron chi connectivity index (χ3n) is 4.50. The monoisotopic (exact) mass is 351 g/mol. The maximum absolute atomic E-state index is 5.24. The van der Waals surface area contributed by atoms with E-state index >= 15 is 0 Å². The number of anilines is 1.